The lowest BCUT2D eigenvalue weighted by Gasteiger charge is -2.37. The minimum Gasteiger partial charge on any atom is -0.381 e. The van der Waals surface area contributed by atoms with E-state index in [1.54, 1.807) is 0 Å². The van der Waals surface area contributed by atoms with Crippen molar-refractivity contribution in [2.45, 2.75) is 18.6 Å². The van der Waals surface area contributed by atoms with Gasteiger partial charge < -0.3 is 20.1 Å². The quantitative estimate of drug-likeness (QED) is 0.815. The van der Waals surface area contributed by atoms with Crippen LogP contribution in [0, 0.1) is 5.92 Å². The molecule has 2 N–H and O–H groups in total. The van der Waals surface area contributed by atoms with Crippen LogP contribution in [0.1, 0.15) is 12.0 Å². The predicted molar refractivity (Wildman–Crippen MR) is 93.6 cm³/mol. The van der Waals surface area contributed by atoms with E-state index in [1.165, 1.54) is 12.1 Å². The molecule has 6 nitrogen and oxygen atoms in total. The first kappa shape index (κ1) is 19.9. The van der Waals surface area contributed by atoms with E-state index < -0.39 is 17.8 Å². The van der Waals surface area contributed by atoms with Crippen LogP contribution in [-0.4, -0.2) is 63.0 Å². The second kappa shape index (κ2) is 8.90. The summed E-state index contributed by atoms with van der Waals surface area (Å²) in [5.74, 6) is 0.342. The molecule has 150 valence electrons. The van der Waals surface area contributed by atoms with Crippen LogP contribution in [0.5, 0.6) is 0 Å². The SMILES string of the molecule is O=C(NC[C@H]([C@@H]1CCOC1)N1CCOCC1)Nc1ccc(C(F)(F)F)cc1. The summed E-state index contributed by atoms with van der Waals surface area (Å²) in [6, 6.07) is 4.09. The number of carbonyl (C=O) groups excluding carboxylic acids is 1. The molecule has 27 heavy (non-hydrogen) atoms. The van der Waals surface area contributed by atoms with E-state index in [0.717, 1.165) is 38.2 Å². The van der Waals surface area contributed by atoms with E-state index in [1.807, 2.05) is 0 Å². The minimum atomic E-state index is -4.39. The second-order valence-electron chi connectivity index (χ2n) is 6.75. The van der Waals surface area contributed by atoms with Gasteiger partial charge in [-0.05, 0) is 30.7 Å². The Balaban J connectivity index is 1.54. The maximum Gasteiger partial charge on any atom is 0.416 e. The molecule has 1 aromatic carbocycles. The van der Waals surface area contributed by atoms with Crippen LogP contribution in [0.15, 0.2) is 24.3 Å². The number of ether oxygens (including phenoxy) is 2. The summed E-state index contributed by atoms with van der Waals surface area (Å²) in [7, 11) is 0. The summed E-state index contributed by atoms with van der Waals surface area (Å²) in [5.41, 5.74) is -0.435. The van der Waals surface area contributed by atoms with Crippen molar-refractivity contribution < 1.29 is 27.4 Å². The van der Waals surface area contributed by atoms with Crippen molar-refractivity contribution in [3.8, 4) is 0 Å². The number of carbonyl (C=O) groups is 1. The van der Waals surface area contributed by atoms with E-state index in [2.05, 4.69) is 15.5 Å². The van der Waals surface area contributed by atoms with E-state index >= 15 is 0 Å². The van der Waals surface area contributed by atoms with Crippen LogP contribution in [0.25, 0.3) is 0 Å². The molecule has 0 aliphatic carbocycles. The number of alkyl halides is 3. The zero-order valence-corrected chi connectivity index (χ0v) is 14.9. The lowest BCUT2D eigenvalue weighted by molar-refractivity contribution is -0.137. The van der Waals surface area contributed by atoms with Gasteiger partial charge in [-0.15, -0.1) is 0 Å². The highest BCUT2D eigenvalue weighted by atomic mass is 19.4. The van der Waals surface area contributed by atoms with Gasteiger partial charge in [0.25, 0.3) is 0 Å². The number of hydrogen-bond donors (Lipinski definition) is 2. The Morgan fingerprint density at radius 3 is 2.44 bits per heavy atom. The molecular weight excluding hydrogens is 363 g/mol. The summed E-state index contributed by atoms with van der Waals surface area (Å²) in [5, 5.41) is 5.42. The lowest BCUT2D eigenvalue weighted by atomic mass is 9.97. The van der Waals surface area contributed by atoms with Crippen molar-refractivity contribution >= 4 is 11.7 Å². The number of morpholine rings is 1. The molecule has 2 fully saturated rings. The number of rotatable bonds is 5. The third-order valence-corrected chi connectivity index (χ3v) is 4.97. The molecule has 0 radical (unpaired) electrons. The van der Waals surface area contributed by atoms with Crippen LogP contribution < -0.4 is 10.6 Å². The minimum absolute atomic E-state index is 0.148. The number of amides is 2. The molecule has 2 atom stereocenters. The Hall–Kier alpha value is -1.84. The summed E-state index contributed by atoms with van der Waals surface area (Å²) in [4.78, 5) is 14.5. The fraction of sp³-hybridized carbons (Fsp3) is 0.611. The summed E-state index contributed by atoms with van der Waals surface area (Å²) in [6.07, 6.45) is -3.44. The normalized spacial score (nSPS) is 22.4. The average Bonchev–Trinajstić information content (AvgIpc) is 3.17. The Labute approximate surface area is 156 Å². The van der Waals surface area contributed by atoms with Gasteiger partial charge in [-0.2, -0.15) is 13.2 Å². The molecule has 0 spiro atoms. The Bertz CT molecular complexity index is 613. The molecule has 0 aromatic heterocycles. The molecule has 2 aliphatic heterocycles. The molecule has 9 heteroatoms. The van der Waals surface area contributed by atoms with Gasteiger partial charge in [0.15, 0.2) is 0 Å². The van der Waals surface area contributed by atoms with Gasteiger partial charge in [0.1, 0.15) is 0 Å². The first-order chi connectivity index (χ1) is 12.9. The number of nitrogens with one attached hydrogen (secondary N) is 2. The van der Waals surface area contributed by atoms with E-state index in [0.29, 0.717) is 38.0 Å². The highest BCUT2D eigenvalue weighted by Gasteiger charge is 2.32. The molecule has 0 saturated carbocycles. The molecule has 2 saturated heterocycles. The van der Waals surface area contributed by atoms with Gasteiger partial charge in [0.05, 0.1) is 25.4 Å². The zero-order chi connectivity index (χ0) is 19.3. The Kier molecular flexibility index (Phi) is 6.56. The van der Waals surface area contributed by atoms with Crippen molar-refractivity contribution in [3.05, 3.63) is 29.8 Å². The summed E-state index contributed by atoms with van der Waals surface area (Å²) >= 11 is 0. The maximum atomic E-state index is 12.6. The fourth-order valence-corrected chi connectivity index (χ4v) is 3.47. The first-order valence-corrected chi connectivity index (χ1v) is 9.05. The number of halogens is 3. The van der Waals surface area contributed by atoms with Gasteiger partial charge in [-0.1, -0.05) is 0 Å². The lowest BCUT2D eigenvalue weighted by Crippen LogP contribution is -2.52. The molecule has 0 bridgehead atoms. The van der Waals surface area contributed by atoms with E-state index in [4.69, 9.17) is 9.47 Å². The van der Waals surface area contributed by atoms with Gasteiger partial charge in [-0.3, -0.25) is 4.90 Å². The fourth-order valence-electron chi connectivity index (χ4n) is 3.47. The molecule has 2 amide bonds. The number of nitrogens with zero attached hydrogens (tertiary/aromatic N) is 1. The first-order valence-electron chi connectivity index (χ1n) is 9.05. The monoisotopic (exact) mass is 387 g/mol. The largest absolute Gasteiger partial charge is 0.416 e. The smallest absolute Gasteiger partial charge is 0.381 e. The number of urea groups is 1. The maximum absolute atomic E-state index is 12.6. The summed E-state index contributed by atoms with van der Waals surface area (Å²) in [6.45, 7) is 4.80. The molecule has 3 rings (SSSR count). The van der Waals surface area contributed by atoms with Gasteiger partial charge in [0.2, 0.25) is 0 Å². The number of benzene rings is 1. The van der Waals surface area contributed by atoms with Gasteiger partial charge in [0, 0.05) is 43.9 Å². The predicted octanol–water partition coefficient (Wildman–Crippen LogP) is 2.56. The Morgan fingerprint density at radius 1 is 1.15 bits per heavy atom. The molecule has 0 unspecified atom stereocenters. The van der Waals surface area contributed by atoms with Crippen molar-refractivity contribution in [2.75, 3.05) is 51.4 Å². The van der Waals surface area contributed by atoms with Crippen molar-refractivity contribution in [1.82, 2.24) is 10.2 Å². The van der Waals surface area contributed by atoms with Crippen LogP contribution in [-0.2, 0) is 15.7 Å². The number of hydrogen-bond acceptors (Lipinski definition) is 4. The van der Waals surface area contributed by atoms with Crippen LogP contribution in [0.2, 0.25) is 0 Å². The highest BCUT2D eigenvalue weighted by Crippen LogP contribution is 2.29. The van der Waals surface area contributed by atoms with Crippen molar-refractivity contribution in [3.63, 3.8) is 0 Å². The van der Waals surface area contributed by atoms with Crippen molar-refractivity contribution in [1.29, 1.82) is 0 Å². The third kappa shape index (κ3) is 5.57. The standard InChI is InChI=1S/C18H24F3N3O3/c19-18(20,21)14-1-3-15(4-2-14)23-17(25)22-11-16(13-5-8-27-12-13)24-6-9-26-10-7-24/h1-4,13,16H,5-12H2,(H2,22,23,25)/t13-,16-/m1/s1. The Morgan fingerprint density at radius 2 is 1.85 bits per heavy atom. The molecule has 2 aliphatic rings. The van der Waals surface area contributed by atoms with Crippen LogP contribution in [0.3, 0.4) is 0 Å². The molecule has 2 heterocycles. The van der Waals surface area contributed by atoms with E-state index in [9.17, 15) is 18.0 Å². The van der Waals surface area contributed by atoms with Gasteiger partial charge in [-0.25, -0.2) is 4.79 Å². The second-order valence-corrected chi connectivity index (χ2v) is 6.75. The number of anilines is 1. The zero-order valence-electron chi connectivity index (χ0n) is 14.9. The average molecular weight is 387 g/mol. The molecular formula is C18H24F3N3O3. The van der Waals surface area contributed by atoms with Crippen LogP contribution >= 0.6 is 0 Å². The third-order valence-electron chi connectivity index (χ3n) is 4.97. The summed E-state index contributed by atoms with van der Waals surface area (Å²) < 4.78 is 48.7. The van der Waals surface area contributed by atoms with Gasteiger partial charge >= 0.3 is 12.2 Å². The molecule has 1 aromatic rings. The van der Waals surface area contributed by atoms with Crippen LogP contribution in [0.4, 0.5) is 23.7 Å². The topological polar surface area (TPSA) is 62.8 Å². The highest BCUT2D eigenvalue weighted by molar-refractivity contribution is 5.89. The van der Waals surface area contributed by atoms with E-state index in [-0.39, 0.29) is 6.04 Å². The van der Waals surface area contributed by atoms with Crippen molar-refractivity contribution in [2.24, 2.45) is 5.92 Å².